The van der Waals surface area contributed by atoms with Crippen molar-refractivity contribution >= 4 is 33.2 Å². The van der Waals surface area contributed by atoms with E-state index in [9.17, 15) is 18.0 Å². The maximum atomic E-state index is 12.6. The molecule has 0 aliphatic carbocycles. The molecule has 27 heavy (non-hydrogen) atoms. The summed E-state index contributed by atoms with van der Waals surface area (Å²) >= 11 is 0. The smallest absolute Gasteiger partial charge is 0.238 e. The zero-order valence-electron chi connectivity index (χ0n) is 14.9. The number of carbonyl (C=O) groups excluding carboxylic acids is 2. The Balaban J connectivity index is 1.75. The summed E-state index contributed by atoms with van der Waals surface area (Å²) in [6.45, 7) is 2.30. The van der Waals surface area contributed by atoms with Crippen molar-refractivity contribution in [1.29, 1.82) is 0 Å². The number of amides is 2. The molecule has 1 atom stereocenters. The zero-order chi connectivity index (χ0) is 19.6. The van der Waals surface area contributed by atoms with E-state index in [4.69, 9.17) is 5.14 Å². The summed E-state index contributed by atoms with van der Waals surface area (Å²) in [5, 5.41) is 7.79. The van der Waals surface area contributed by atoms with E-state index in [0.717, 1.165) is 17.7 Å². The van der Waals surface area contributed by atoms with Crippen molar-refractivity contribution < 1.29 is 18.0 Å². The third-order valence-electron chi connectivity index (χ3n) is 4.59. The van der Waals surface area contributed by atoms with Gasteiger partial charge in [0, 0.05) is 24.3 Å². The minimum atomic E-state index is -3.86. The summed E-state index contributed by atoms with van der Waals surface area (Å²) in [7, 11) is -3.86. The summed E-state index contributed by atoms with van der Waals surface area (Å²) in [6.07, 6.45) is 0.899. The minimum absolute atomic E-state index is 0.0821. The molecule has 2 aromatic carbocycles. The van der Waals surface area contributed by atoms with Crippen molar-refractivity contribution in [3.63, 3.8) is 0 Å². The molecule has 1 aliphatic rings. The van der Waals surface area contributed by atoms with Crippen molar-refractivity contribution in [2.45, 2.75) is 24.7 Å². The van der Waals surface area contributed by atoms with Crippen LogP contribution in [0, 0.1) is 5.92 Å². The van der Waals surface area contributed by atoms with Gasteiger partial charge in [0.1, 0.15) is 0 Å². The molecule has 0 unspecified atom stereocenters. The van der Waals surface area contributed by atoms with Crippen LogP contribution in [0.3, 0.4) is 0 Å². The summed E-state index contributed by atoms with van der Waals surface area (Å²) in [4.78, 5) is 26.6. The Bertz CT molecular complexity index is 988. The Kier molecular flexibility index (Phi) is 5.29. The third kappa shape index (κ3) is 4.17. The fourth-order valence-corrected chi connectivity index (χ4v) is 3.74. The van der Waals surface area contributed by atoms with Crippen molar-refractivity contribution in [3.8, 4) is 0 Å². The van der Waals surface area contributed by atoms with E-state index in [2.05, 4.69) is 5.32 Å². The highest BCUT2D eigenvalue weighted by molar-refractivity contribution is 7.89. The van der Waals surface area contributed by atoms with Crippen LogP contribution in [0.15, 0.2) is 53.4 Å². The van der Waals surface area contributed by atoms with Crippen LogP contribution >= 0.6 is 0 Å². The molecule has 142 valence electrons. The predicted molar refractivity (Wildman–Crippen MR) is 103 cm³/mol. The molecule has 0 spiro atoms. The van der Waals surface area contributed by atoms with Gasteiger partial charge in [0.2, 0.25) is 21.8 Å². The molecule has 1 aliphatic heterocycles. The van der Waals surface area contributed by atoms with E-state index in [1.807, 2.05) is 31.2 Å². The van der Waals surface area contributed by atoms with Crippen LogP contribution < -0.4 is 15.4 Å². The van der Waals surface area contributed by atoms with Gasteiger partial charge in [-0.1, -0.05) is 31.2 Å². The first-order chi connectivity index (χ1) is 12.8. The highest BCUT2D eigenvalue weighted by atomic mass is 32.2. The number of sulfonamides is 1. The fourth-order valence-electron chi connectivity index (χ4n) is 3.18. The maximum Gasteiger partial charge on any atom is 0.238 e. The van der Waals surface area contributed by atoms with E-state index < -0.39 is 15.9 Å². The average Bonchev–Trinajstić information content (AvgIpc) is 3.03. The molecule has 0 radical (unpaired) electrons. The molecule has 8 heteroatoms. The molecule has 3 N–H and O–H groups in total. The summed E-state index contributed by atoms with van der Waals surface area (Å²) in [5.74, 6) is -0.943. The molecule has 0 bridgehead atoms. The molecule has 0 aromatic heterocycles. The first kappa shape index (κ1) is 19.1. The molecule has 1 saturated heterocycles. The lowest BCUT2D eigenvalue weighted by molar-refractivity contribution is -0.122. The molecule has 1 heterocycles. The summed E-state index contributed by atoms with van der Waals surface area (Å²) in [5.41, 5.74) is 2.20. The molecular formula is C19H21N3O4S. The molecule has 0 saturated carbocycles. The number of benzene rings is 2. The summed E-state index contributed by atoms with van der Waals surface area (Å²) < 4.78 is 22.9. The van der Waals surface area contributed by atoms with Crippen molar-refractivity contribution in [2.75, 3.05) is 16.8 Å². The molecule has 2 aromatic rings. The number of nitrogens with two attached hydrogens (primary N) is 1. The third-order valence-corrected chi connectivity index (χ3v) is 5.50. The van der Waals surface area contributed by atoms with Crippen molar-refractivity contribution in [1.82, 2.24) is 0 Å². The van der Waals surface area contributed by atoms with E-state index in [0.29, 0.717) is 5.69 Å². The Morgan fingerprint density at radius 2 is 1.96 bits per heavy atom. The van der Waals surface area contributed by atoms with Gasteiger partial charge >= 0.3 is 0 Å². The Morgan fingerprint density at radius 1 is 1.22 bits per heavy atom. The monoisotopic (exact) mass is 387 g/mol. The first-order valence-electron chi connectivity index (χ1n) is 8.61. The highest BCUT2D eigenvalue weighted by Crippen LogP contribution is 2.29. The second-order valence-electron chi connectivity index (χ2n) is 6.45. The molecular weight excluding hydrogens is 366 g/mol. The molecule has 2 amide bonds. The molecule has 1 fully saturated rings. The normalized spacial score (nSPS) is 17.2. The Hall–Kier alpha value is -2.71. The first-order valence-corrected chi connectivity index (χ1v) is 10.2. The van der Waals surface area contributed by atoms with Gasteiger partial charge in [0.15, 0.2) is 0 Å². The number of hydrogen-bond acceptors (Lipinski definition) is 4. The predicted octanol–water partition coefficient (Wildman–Crippen LogP) is 1.89. The summed E-state index contributed by atoms with van der Waals surface area (Å²) in [6, 6.07) is 13.4. The lowest BCUT2D eigenvalue weighted by Crippen LogP contribution is -2.28. The van der Waals surface area contributed by atoms with Gasteiger partial charge in [-0.3, -0.25) is 9.59 Å². The number of rotatable bonds is 5. The standard InChI is InChI=1S/C19H21N3O4S/c1-2-13-6-3-4-9-17(13)22-12-14(10-18(22)23)19(24)21-15-7-5-8-16(11-15)27(20,25)26/h3-9,11,14H,2,10,12H2,1H3,(H,21,24)(H2,20,25,26)/t14-/m0/s1. The quantitative estimate of drug-likeness (QED) is 0.816. The van der Waals surface area contributed by atoms with Crippen LogP contribution in [0.1, 0.15) is 18.9 Å². The van der Waals surface area contributed by atoms with Crippen LogP contribution in [0.25, 0.3) is 0 Å². The highest BCUT2D eigenvalue weighted by Gasteiger charge is 2.35. The van der Waals surface area contributed by atoms with Gasteiger partial charge in [0.05, 0.1) is 10.8 Å². The van der Waals surface area contributed by atoms with E-state index in [1.54, 1.807) is 11.0 Å². The Labute approximate surface area is 158 Å². The lowest BCUT2D eigenvalue weighted by atomic mass is 10.1. The second kappa shape index (κ2) is 7.50. The number of carbonyl (C=O) groups is 2. The average molecular weight is 387 g/mol. The van der Waals surface area contributed by atoms with Crippen molar-refractivity contribution in [3.05, 3.63) is 54.1 Å². The number of hydrogen-bond donors (Lipinski definition) is 2. The molecule has 7 nitrogen and oxygen atoms in total. The number of aryl methyl sites for hydroxylation is 1. The number of primary sulfonamides is 1. The van der Waals surface area contributed by atoms with E-state index in [-0.39, 0.29) is 29.7 Å². The van der Waals surface area contributed by atoms with Gasteiger partial charge in [-0.25, -0.2) is 13.6 Å². The largest absolute Gasteiger partial charge is 0.326 e. The second-order valence-corrected chi connectivity index (χ2v) is 8.01. The van der Waals surface area contributed by atoms with E-state index in [1.165, 1.54) is 18.2 Å². The van der Waals surface area contributed by atoms with Gasteiger partial charge in [-0.05, 0) is 36.2 Å². The van der Waals surface area contributed by atoms with Gasteiger partial charge < -0.3 is 10.2 Å². The number of para-hydroxylation sites is 1. The topological polar surface area (TPSA) is 110 Å². The number of nitrogens with one attached hydrogen (secondary N) is 1. The zero-order valence-corrected chi connectivity index (χ0v) is 15.7. The SMILES string of the molecule is CCc1ccccc1N1C[C@@H](C(=O)Nc2cccc(S(N)(=O)=O)c2)CC1=O. The van der Waals surface area contributed by atoms with Crippen LogP contribution in [0.5, 0.6) is 0 Å². The Morgan fingerprint density at radius 3 is 2.67 bits per heavy atom. The van der Waals surface area contributed by atoms with Gasteiger partial charge in [-0.2, -0.15) is 0 Å². The maximum absolute atomic E-state index is 12.6. The number of nitrogens with zero attached hydrogens (tertiary/aromatic N) is 1. The lowest BCUT2D eigenvalue weighted by Gasteiger charge is -2.20. The van der Waals surface area contributed by atoms with E-state index >= 15 is 0 Å². The van der Waals surface area contributed by atoms with Crippen LogP contribution in [-0.2, 0) is 26.0 Å². The van der Waals surface area contributed by atoms with Crippen LogP contribution in [0.2, 0.25) is 0 Å². The molecule has 3 rings (SSSR count). The number of anilines is 2. The van der Waals surface area contributed by atoms with Crippen LogP contribution in [0.4, 0.5) is 11.4 Å². The van der Waals surface area contributed by atoms with Gasteiger partial charge in [-0.15, -0.1) is 0 Å². The van der Waals surface area contributed by atoms with Crippen molar-refractivity contribution in [2.24, 2.45) is 11.1 Å². The fraction of sp³-hybridized carbons (Fsp3) is 0.263. The van der Waals surface area contributed by atoms with Gasteiger partial charge in [0.25, 0.3) is 0 Å². The minimum Gasteiger partial charge on any atom is -0.326 e. The van der Waals surface area contributed by atoms with Crippen LogP contribution in [-0.4, -0.2) is 26.8 Å².